The average Bonchev–Trinajstić information content (AvgIpc) is 3.49. The molecular weight excluding hydrogens is 380 g/mol. The molecule has 2 saturated carbocycles. The van der Waals surface area contributed by atoms with E-state index in [4.69, 9.17) is 4.52 Å². The van der Waals surface area contributed by atoms with Crippen LogP contribution >= 0.6 is 0 Å². The van der Waals surface area contributed by atoms with Gasteiger partial charge in [0.05, 0.1) is 0 Å². The van der Waals surface area contributed by atoms with Gasteiger partial charge in [-0.3, -0.25) is 9.59 Å². The molecule has 0 spiro atoms. The lowest BCUT2D eigenvalue weighted by atomic mass is 9.88. The quantitative estimate of drug-likeness (QED) is 0.696. The Bertz CT molecular complexity index is 897. The lowest BCUT2D eigenvalue weighted by Gasteiger charge is -2.21. The minimum atomic E-state index is -0.363. The summed E-state index contributed by atoms with van der Waals surface area (Å²) in [6.07, 6.45) is 7.49. The zero-order valence-corrected chi connectivity index (χ0v) is 17.7. The lowest BCUT2D eigenvalue weighted by Crippen LogP contribution is -2.32. The molecule has 160 valence electrons. The van der Waals surface area contributed by atoms with E-state index in [2.05, 4.69) is 20.8 Å². The summed E-state index contributed by atoms with van der Waals surface area (Å²) in [5, 5.41) is 10.1. The largest absolute Gasteiger partial charge is 0.340 e. The van der Waals surface area contributed by atoms with Gasteiger partial charge in [0, 0.05) is 23.1 Å². The number of hydrogen-bond acceptors (Lipinski definition) is 5. The summed E-state index contributed by atoms with van der Waals surface area (Å²) in [5.41, 5.74) is 1.14. The third-order valence-corrected chi connectivity index (χ3v) is 5.99. The van der Waals surface area contributed by atoms with Gasteiger partial charge in [0.15, 0.2) is 5.82 Å². The number of carbonyl (C=O) groups excluding carboxylic acids is 2. The first-order valence-corrected chi connectivity index (χ1v) is 11.1. The van der Waals surface area contributed by atoms with Crippen molar-refractivity contribution in [1.82, 2.24) is 15.5 Å². The summed E-state index contributed by atoms with van der Waals surface area (Å²) < 4.78 is 5.44. The van der Waals surface area contributed by atoms with Crippen LogP contribution in [0.4, 0.5) is 5.69 Å². The van der Waals surface area contributed by atoms with Gasteiger partial charge in [0.25, 0.3) is 5.91 Å². The Morgan fingerprint density at radius 2 is 1.87 bits per heavy atom. The number of nitrogens with one attached hydrogen (secondary N) is 2. The van der Waals surface area contributed by atoms with Crippen LogP contribution in [0, 0.1) is 11.8 Å². The Balaban J connectivity index is 1.42. The van der Waals surface area contributed by atoms with Crippen LogP contribution in [0.25, 0.3) is 0 Å². The van der Waals surface area contributed by atoms with Gasteiger partial charge in [-0.1, -0.05) is 44.3 Å². The molecule has 2 N–H and O–H groups in total. The Labute approximate surface area is 177 Å². The second kappa shape index (κ2) is 8.98. The zero-order chi connectivity index (χ0) is 21.1. The molecule has 2 aliphatic rings. The van der Waals surface area contributed by atoms with Gasteiger partial charge in [-0.25, -0.2) is 0 Å². The molecule has 1 aromatic heterocycles. The first-order valence-electron chi connectivity index (χ1n) is 11.1. The first-order chi connectivity index (χ1) is 14.5. The van der Waals surface area contributed by atoms with Crippen LogP contribution in [0.3, 0.4) is 0 Å². The fraction of sp³-hybridized carbons (Fsp3) is 0.565. The SMILES string of the molecule is CC(C)C(NC(=O)c1cccc(NC(=O)C2CCCCC2)c1)c1nc(C2CC2)no1. The predicted octanol–water partition coefficient (Wildman–Crippen LogP) is 4.59. The van der Waals surface area contributed by atoms with Crippen LogP contribution in [0.2, 0.25) is 0 Å². The smallest absolute Gasteiger partial charge is 0.252 e. The van der Waals surface area contributed by atoms with Crippen LogP contribution in [0.15, 0.2) is 28.8 Å². The van der Waals surface area contributed by atoms with Crippen molar-refractivity contribution >= 4 is 17.5 Å². The maximum Gasteiger partial charge on any atom is 0.252 e. The number of nitrogens with zero attached hydrogens (tertiary/aromatic N) is 2. The van der Waals surface area contributed by atoms with E-state index >= 15 is 0 Å². The van der Waals surface area contributed by atoms with Gasteiger partial charge in [0.1, 0.15) is 6.04 Å². The second-order valence-electron chi connectivity index (χ2n) is 8.87. The molecule has 2 aliphatic carbocycles. The molecule has 30 heavy (non-hydrogen) atoms. The van der Waals surface area contributed by atoms with Crippen molar-refractivity contribution in [2.24, 2.45) is 11.8 Å². The fourth-order valence-electron chi connectivity index (χ4n) is 3.97. The third-order valence-electron chi connectivity index (χ3n) is 5.99. The molecule has 7 nitrogen and oxygen atoms in total. The zero-order valence-electron chi connectivity index (χ0n) is 17.7. The molecule has 2 amide bonds. The van der Waals surface area contributed by atoms with Crippen molar-refractivity contribution in [3.8, 4) is 0 Å². The summed E-state index contributed by atoms with van der Waals surface area (Å²) in [5.74, 6) is 1.56. The number of rotatable bonds is 7. The predicted molar refractivity (Wildman–Crippen MR) is 113 cm³/mol. The number of aromatic nitrogens is 2. The minimum Gasteiger partial charge on any atom is -0.340 e. The molecule has 0 radical (unpaired) electrons. The van der Waals surface area contributed by atoms with E-state index in [-0.39, 0.29) is 29.7 Å². The minimum absolute atomic E-state index is 0.0470. The van der Waals surface area contributed by atoms with Crippen molar-refractivity contribution in [3.63, 3.8) is 0 Å². The highest BCUT2D eigenvalue weighted by Crippen LogP contribution is 2.38. The molecule has 2 aromatic rings. The summed E-state index contributed by atoms with van der Waals surface area (Å²) in [6.45, 7) is 4.01. The molecule has 7 heteroatoms. The van der Waals surface area contributed by atoms with E-state index < -0.39 is 0 Å². The Hall–Kier alpha value is -2.70. The van der Waals surface area contributed by atoms with Crippen molar-refractivity contribution in [2.75, 3.05) is 5.32 Å². The molecule has 1 heterocycles. The molecule has 0 bridgehead atoms. The molecule has 4 rings (SSSR count). The standard InChI is InChI=1S/C23H30N4O3/c1-14(2)19(23-26-20(27-30-23)15-11-12-15)25-22(29)17-9-6-10-18(13-17)24-21(28)16-7-4-3-5-8-16/h6,9-10,13-16,19H,3-5,7-8,11-12H2,1-2H3,(H,24,28)(H,25,29). The maximum absolute atomic E-state index is 12.9. The van der Waals surface area contributed by atoms with E-state index in [9.17, 15) is 9.59 Å². The lowest BCUT2D eigenvalue weighted by molar-refractivity contribution is -0.120. The number of amides is 2. The Morgan fingerprint density at radius 3 is 2.57 bits per heavy atom. The van der Waals surface area contributed by atoms with Crippen molar-refractivity contribution in [3.05, 3.63) is 41.5 Å². The fourth-order valence-corrected chi connectivity index (χ4v) is 3.97. The topological polar surface area (TPSA) is 97.1 Å². The van der Waals surface area contributed by atoms with E-state index in [1.807, 2.05) is 19.9 Å². The van der Waals surface area contributed by atoms with Crippen LogP contribution in [0.5, 0.6) is 0 Å². The maximum atomic E-state index is 12.9. The summed E-state index contributed by atoms with van der Waals surface area (Å²) in [7, 11) is 0. The normalized spacial score (nSPS) is 18.2. The van der Waals surface area contributed by atoms with E-state index in [1.165, 1.54) is 6.42 Å². The molecule has 1 atom stereocenters. The van der Waals surface area contributed by atoms with Gasteiger partial charge in [-0.15, -0.1) is 0 Å². The van der Waals surface area contributed by atoms with Crippen molar-refractivity contribution < 1.29 is 14.1 Å². The van der Waals surface area contributed by atoms with Crippen LogP contribution < -0.4 is 10.6 Å². The average molecular weight is 411 g/mol. The highest BCUT2D eigenvalue weighted by Gasteiger charge is 2.32. The first kappa shape index (κ1) is 20.6. The van der Waals surface area contributed by atoms with E-state index in [0.29, 0.717) is 23.1 Å². The molecule has 1 aromatic carbocycles. The number of hydrogen-bond donors (Lipinski definition) is 2. The van der Waals surface area contributed by atoms with Gasteiger partial charge >= 0.3 is 0 Å². The highest BCUT2D eigenvalue weighted by atomic mass is 16.5. The number of anilines is 1. The van der Waals surface area contributed by atoms with Gasteiger partial charge < -0.3 is 15.2 Å². The molecule has 0 aliphatic heterocycles. The van der Waals surface area contributed by atoms with Crippen LogP contribution in [0.1, 0.15) is 92.8 Å². The van der Waals surface area contributed by atoms with Crippen molar-refractivity contribution in [1.29, 1.82) is 0 Å². The van der Waals surface area contributed by atoms with Gasteiger partial charge in [-0.2, -0.15) is 4.98 Å². The van der Waals surface area contributed by atoms with Gasteiger partial charge in [-0.05, 0) is 49.8 Å². The van der Waals surface area contributed by atoms with E-state index in [0.717, 1.165) is 44.3 Å². The van der Waals surface area contributed by atoms with Crippen LogP contribution in [-0.2, 0) is 4.79 Å². The number of carbonyl (C=O) groups is 2. The summed E-state index contributed by atoms with van der Waals surface area (Å²) >= 11 is 0. The Morgan fingerprint density at radius 1 is 1.10 bits per heavy atom. The summed E-state index contributed by atoms with van der Waals surface area (Å²) in [6, 6.07) is 6.70. The Kier molecular flexibility index (Phi) is 6.16. The molecule has 2 fully saturated rings. The third kappa shape index (κ3) is 4.89. The van der Waals surface area contributed by atoms with Gasteiger partial charge in [0.2, 0.25) is 11.8 Å². The number of benzene rings is 1. The molecule has 1 unspecified atom stereocenters. The molecule has 0 saturated heterocycles. The van der Waals surface area contributed by atoms with E-state index in [1.54, 1.807) is 18.2 Å². The summed E-state index contributed by atoms with van der Waals surface area (Å²) in [4.78, 5) is 29.9. The highest BCUT2D eigenvalue weighted by molar-refractivity contribution is 5.97. The van der Waals surface area contributed by atoms with Crippen molar-refractivity contribution in [2.45, 2.75) is 70.8 Å². The van der Waals surface area contributed by atoms with Crippen LogP contribution in [-0.4, -0.2) is 22.0 Å². The molecular formula is C23H30N4O3. The second-order valence-corrected chi connectivity index (χ2v) is 8.87. The monoisotopic (exact) mass is 410 g/mol.